The number of aryl methyl sites for hydroxylation is 2. The normalized spacial score (nSPS) is 17.8. The Morgan fingerprint density at radius 1 is 1.33 bits per heavy atom. The second-order valence-electron chi connectivity index (χ2n) is 6.16. The Morgan fingerprint density at radius 3 is 2.92 bits per heavy atom. The molecule has 1 aromatic carbocycles. The van der Waals surface area contributed by atoms with Crippen LogP contribution in [0.5, 0.6) is 0 Å². The molecule has 1 atom stereocenters. The van der Waals surface area contributed by atoms with E-state index < -0.39 is 0 Å². The summed E-state index contributed by atoms with van der Waals surface area (Å²) in [6.45, 7) is 8.01. The van der Waals surface area contributed by atoms with Crippen molar-refractivity contribution in [2.24, 2.45) is 0 Å². The number of ether oxygens (including phenoxy) is 1. The van der Waals surface area contributed by atoms with E-state index in [1.807, 2.05) is 24.0 Å². The van der Waals surface area contributed by atoms with Crippen molar-refractivity contribution in [1.29, 1.82) is 0 Å². The molecular weight excluding hydrogens is 320 g/mol. The maximum Gasteiger partial charge on any atom is 0.256 e. The van der Waals surface area contributed by atoms with Gasteiger partial charge in [-0.1, -0.05) is 29.5 Å². The monoisotopic (exact) mass is 342 g/mol. The van der Waals surface area contributed by atoms with Gasteiger partial charge in [0.25, 0.3) is 5.91 Å². The zero-order valence-electron chi connectivity index (χ0n) is 14.3. The van der Waals surface area contributed by atoms with Crippen LogP contribution in [0, 0.1) is 13.8 Å². The third kappa shape index (κ3) is 3.79. The van der Waals surface area contributed by atoms with Gasteiger partial charge in [0.05, 0.1) is 18.3 Å². The molecule has 1 aliphatic rings. The number of carbonyl (C=O) groups is 1. The Kier molecular flexibility index (Phi) is 5.21. The van der Waals surface area contributed by atoms with Crippen molar-refractivity contribution in [2.45, 2.75) is 36.8 Å². The van der Waals surface area contributed by atoms with Crippen molar-refractivity contribution in [1.82, 2.24) is 9.88 Å². The molecule has 126 valence electrons. The summed E-state index contributed by atoms with van der Waals surface area (Å²) in [5.74, 6) is 0.0329. The van der Waals surface area contributed by atoms with Gasteiger partial charge in [-0.25, -0.2) is 4.98 Å². The summed E-state index contributed by atoms with van der Waals surface area (Å²) in [6, 6.07) is 10.0. The minimum atomic E-state index is 0.0329. The summed E-state index contributed by atoms with van der Waals surface area (Å²) in [6.07, 6.45) is 1.82. The lowest BCUT2D eigenvalue weighted by molar-refractivity contribution is -0.0125. The zero-order valence-corrected chi connectivity index (χ0v) is 15.1. The lowest BCUT2D eigenvalue weighted by Crippen LogP contribution is -2.44. The number of pyridine rings is 1. The first kappa shape index (κ1) is 17.0. The molecule has 1 aromatic heterocycles. The molecule has 2 heterocycles. The molecule has 0 radical (unpaired) electrons. The Morgan fingerprint density at radius 2 is 2.17 bits per heavy atom. The van der Waals surface area contributed by atoms with Crippen molar-refractivity contribution < 1.29 is 9.53 Å². The molecule has 1 aliphatic heterocycles. The molecule has 1 fully saturated rings. The van der Waals surface area contributed by atoms with Gasteiger partial charge in [0.1, 0.15) is 5.03 Å². The summed E-state index contributed by atoms with van der Waals surface area (Å²) in [7, 11) is 0. The van der Waals surface area contributed by atoms with Crippen molar-refractivity contribution in [3.63, 3.8) is 0 Å². The lowest BCUT2D eigenvalue weighted by Gasteiger charge is -2.31. The van der Waals surface area contributed by atoms with Gasteiger partial charge in [0, 0.05) is 24.2 Å². The molecule has 1 saturated heterocycles. The van der Waals surface area contributed by atoms with Gasteiger partial charge in [-0.3, -0.25) is 4.79 Å². The van der Waals surface area contributed by atoms with Crippen LogP contribution < -0.4 is 0 Å². The first-order valence-corrected chi connectivity index (χ1v) is 8.97. The highest BCUT2D eigenvalue weighted by atomic mass is 32.2. The van der Waals surface area contributed by atoms with Crippen LogP contribution in [-0.2, 0) is 4.74 Å². The highest BCUT2D eigenvalue weighted by Gasteiger charge is 2.25. The van der Waals surface area contributed by atoms with E-state index in [0.717, 1.165) is 9.92 Å². The molecule has 4 nitrogen and oxygen atoms in total. The van der Waals surface area contributed by atoms with Gasteiger partial charge in [-0.05, 0) is 44.5 Å². The summed E-state index contributed by atoms with van der Waals surface area (Å²) < 4.78 is 5.53. The maximum atomic E-state index is 12.9. The quantitative estimate of drug-likeness (QED) is 0.853. The van der Waals surface area contributed by atoms with Crippen molar-refractivity contribution in [3.8, 4) is 0 Å². The SMILES string of the molecule is Cc1ccc(Sc2ncccc2C(=O)N2CCOC(C)C2)c(C)c1. The number of benzene rings is 1. The Bertz CT molecular complexity index is 748. The fourth-order valence-electron chi connectivity index (χ4n) is 2.83. The first-order chi connectivity index (χ1) is 11.5. The third-order valence-corrected chi connectivity index (χ3v) is 5.26. The van der Waals surface area contributed by atoms with E-state index in [-0.39, 0.29) is 12.0 Å². The predicted octanol–water partition coefficient (Wildman–Crippen LogP) is 3.71. The average molecular weight is 342 g/mol. The molecule has 0 spiro atoms. The van der Waals surface area contributed by atoms with E-state index in [0.29, 0.717) is 25.3 Å². The predicted molar refractivity (Wildman–Crippen MR) is 95.6 cm³/mol. The van der Waals surface area contributed by atoms with E-state index in [4.69, 9.17) is 4.74 Å². The van der Waals surface area contributed by atoms with Gasteiger partial charge >= 0.3 is 0 Å². The number of nitrogens with zero attached hydrogens (tertiary/aromatic N) is 2. The van der Waals surface area contributed by atoms with Gasteiger partial charge in [0.15, 0.2) is 0 Å². The van der Waals surface area contributed by atoms with Crippen LogP contribution in [0.3, 0.4) is 0 Å². The van der Waals surface area contributed by atoms with Gasteiger partial charge in [-0.15, -0.1) is 0 Å². The van der Waals surface area contributed by atoms with Gasteiger partial charge < -0.3 is 9.64 Å². The van der Waals surface area contributed by atoms with E-state index in [9.17, 15) is 4.79 Å². The largest absolute Gasteiger partial charge is 0.375 e. The van der Waals surface area contributed by atoms with Crippen LogP contribution in [-0.4, -0.2) is 41.6 Å². The molecule has 0 aliphatic carbocycles. The number of hydrogen-bond acceptors (Lipinski definition) is 4. The lowest BCUT2D eigenvalue weighted by atomic mass is 10.2. The molecule has 3 rings (SSSR count). The molecule has 0 N–H and O–H groups in total. The Hall–Kier alpha value is -1.85. The fourth-order valence-corrected chi connectivity index (χ4v) is 3.77. The molecule has 0 saturated carbocycles. The van der Waals surface area contributed by atoms with Crippen LogP contribution in [0.25, 0.3) is 0 Å². The number of aromatic nitrogens is 1. The van der Waals surface area contributed by atoms with Crippen molar-refractivity contribution in [2.75, 3.05) is 19.7 Å². The number of carbonyl (C=O) groups excluding carboxylic acids is 1. The summed E-state index contributed by atoms with van der Waals surface area (Å²) >= 11 is 1.55. The topological polar surface area (TPSA) is 42.4 Å². The zero-order chi connectivity index (χ0) is 17.1. The van der Waals surface area contributed by atoms with Crippen molar-refractivity contribution in [3.05, 3.63) is 53.2 Å². The minimum absolute atomic E-state index is 0.0329. The second kappa shape index (κ2) is 7.36. The summed E-state index contributed by atoms with van der Waals surface area (Å²) in [5.41, 5.74) is 3.09. The van der Waals surface area contributed by atoms with Gasteiger partial charge in [-0.2, -0.15) is 0 Å². The van der Waals surface area contributed by atoms with Crippen LogP contribution in [0.1, 0.15) is 28.4 Å². The summed E-state index contributed by atoms with van der Waals surface area (Å²) in [5, 5.41) is 0.758. The van der Waals surface area contributed by atoms with Crippen LogP contribution in [0.2, 0.25) is 0 Å². The smallest absolute Gasteiger partial charge is 0.256 e. The van der Waals surface area contributed by atoms with E-state index in [2.05, 4.69) is 37.0 Å². The van der Waals surface area contributed by atoms with Crippen molar-refractivity contribution >= 4 is 17.7 Å². The molecule has 5 heteroatoms. The number of rotatable bonds is 3. The molecular formula is C19H22N2O2S. The van der Waals surface area contributed by atoms with E-state index in [1.54, 1.807) is 18.0 Å². The average Bonchev–Trinajstić information content (AvgIpc) is 2.57. The minimum Gasteiger partial charge on any atom is -0.375 e. The Balaban J connectivity index is 1.86. The van der Waals surface area contributed by atoms with E-state index in [1.165, 1.54) is 11.1 Å². The summed E-state index contributed by atoms with van der Waals surface area (Å²) in [4.78, 5) is 20.4. The second-order valence-corrected chi connectivity index (χ2v) is 7.19. The maximum absolute atomic E-state index is 12.9. The van der Waals surface area contributed by atoms with Gasteiger partial charge in [0.2, 0.25) is 0 Å². The number of morpholine rings is 1. The molecule has 1 unspecified atom stereocenters. The van der Waals surface area contributed by atoms with Crippen LogP contribution in [0.15, 0.2) is 46.5 Å². The van der Waals surface area contributed by atoms with Crippen LogP contribution in [0.4, 0.5) is 0 Å². The molecule has 0 bridgehead atoms. The highest BCUT2D eigenvalue weighted by molar-refractivity contribution is 7.99. The molecule has 1 amide bonds. The fraction of sp³-hybridized carbons (Fsp3) is 0.368. The van der Waals surface area contributed by atoms with E-state index >= 15 is 0 Å². The number of hydrogen-bond donors (Lipinski definition) is 0. The number of amides is 1. The Labute approximate surface area is 147 Å². The molecule has 2 aromatic rings. The first-order valence-electron chi connectivity index (χ1n) is 8.15. The molecule has 24 heavy (non-hydrogen) atoms. The highest BCUT2D eigenvalue weighted by Crippen LogP contribution is 2.32. The third-order valence-electron chi connectivity index (χ3n) is 4.07. The van der Waals surface area contributed by atoms with Crippen LogP contribution >= 0.6 is 11.8 Å². The standard InChI is InChI=1S/C19H22N2O2S/c1-13-6-7-17(14(2)11-13)24-18-16(5-4-8-20-18)19(22)21-9-10-23-15(3)12-21/h4-8,11,15H,9-10,12H2,1-3H3.